The molecule has 1 N–H and O–H groups in total. The van der Waals surface area contributed by atoms with Crippen LogP contribution < -0.4 is 0 Å². The summed E-state index contributed by atoms with van der Waals surface area (Å²) in [7, 11) is 0. The maximum absolute atomic E-state index is 11.8. The van der Waals surface area contributed by atoms with Crippen molar-refractivity contribution in [2.45, 2.75) is 51.4 Å². The second-order valence-corrected chi connectivity index (χ2v) is 4.52. The predicted octanol–water partition coefficient (Wildman–Crippen LogP) is 3.72. The zero-order valence-corrected chi connectivity index (χ0v) is 9.75. The summed E-state index contributed by atoms with van der Waals surface area (Å²) < 4.78 is 11.8. The summed E-state index contributed by atoms with van der Waals surface area (Å²) in [4.78, 5) is 11.4. The molecule has 0 saturated heterocycles. The number of carbonyl (C=O) groups is 1. The lowest BCUT2D eigenvalue weighted by Crippen LogP contribution is -2.10. The predicted molar refractivity (Wildman–Crippen MR) is 62.1 cm³/mol. The smallest absolute Gasteiger partial charge is 0.159 e. The number of rotatable bonds is 6. The third kappa shape index (κ3) is 4.77. The Morgan fingerprint density at radius 2 is 1.94 bits per heavy atom. The Balaban J connectivity index is 2.32. The molecule has 0 bridgehead atoms. The second kappa shape index (κ2) is 7.42. The highest BCUT2D eigenvalue weighted by Gasteiger charge is 2.17. The van der Waals surface area contributed by atoms with Crippen LogP contribution in [0.1, 0.15) is 51.4 Å². The van der Waals surface area contributed by atoms with Crippen LogP contribution in [0.4, 0.5) is 4.39 Å². The molecule has 2 nitrogen and oxygen atoms in total. The molecule has 0 aromatic carbocycles. The fraction of sp³-hybridized carbons (Fsp3) is 0.769. The van der Waals surface area contributed by atoms with Gasteiger partial charge >= 0.3 is 0 Å². The molecular formula is C13H21FO2. The van der Waals surface area contributed by atoms with E-state index in [1.807, 2.05) is 0 Å². The van der Waals surface area contributed by atoms with E-state index in [0.29, 0.717) is 19.3 Å². The summed E-state index contributed by atoms with van der Waals surface area (Å²) in [5.41, 5.74) is 0. The molecule has 1 fully saturated rings. The summed E-state index contributed by atoms with van der Waals surface area (Å²) in [6.45, 7) is -0.369. The zero-order valence-electron chi connectivity index (χ0n) is 9.75. The Labute approximate surface area is 96.5 Å². The molecule has 16 heavy (non-hydrogen) atoms. The number of alkyl halides is 1. The minimum Gasteiger partial charge on any atom is -0.512 e. The van der Waals surface area contributed by atoms with E-state index in [0.717, 1.165) is 25.7 Å². The van der Waals surface area contributed by atoms with E-state index in [2.05, 4.69) is 0 Å². The van der Waals surface area contributed by atoms with Crippen LogP contribution in [0.15, 0.2) is 11.8 Å². The highest BCUT2D eigenvalue weighted by Crippen LogP contribution is 2.28. The topological polar surface area (TPSA) is 37.3 Å². The Hall–Kier alpha value is -0.860. The number of carbonyl (C=O) groups excluding carboxylic acids is 1. The quantitative estimate of drug-likeness (QED) is 0.427. The third-order valence-electron chi connectivity index (χ3n) is 3.14. The van der Waals surface area contributed by atoms with Crippen LogP contribution in [0.5, 0.6) is 0 Å². The first-order valence-electron chi connectivity index (χ1n) is 6.23. The van der Waals surface area contributed by atoms with E-state index in [1.54, 1.807) is 0 Å². The van der Waals surface area contributed by atoms with Gasteiger partial charge in [0.25, 0.3) is 0 Å². The van der Waals surface area contributed by atoms with Crippen LogP contribution in [0.25, 0.3) is 0 Å². The molecular weight excluding hydrogens is 207 g/mol. The zero-order chi connectivity index (χ0) is 11.8. The van der Waals surface area contributed by atoms with E-state index in [9.17, 15) is 14.3 Å². The lowest BCUT2D eigenvalue weighted by Gasteiger charge is -2.20. The van der Waals surface area contributed by atoms with E-state index in [4.69, 9.17) is 0 Å². The number of aliphatic hydroxyl groups excluding tert-OH is 1. The third-order valence-corrected chi connectivity index (χ3v) is 3.14. The largest absolute Gasteiger partial charge is 0.512 e. The van der Waals surface area contributed by atoms with Crippen molar-refractivity contribution in [3.05, 3.63) is 11.8 Å². The molecule has 0 atom stereocenters. The summed E-state index contributed by atoms with van der Waals surface area (Å²) in [6, 6.07) is 0. The number of halogens is 1. The van der Waals surface area contributed by atoms with Crippen LogP contribution in [-0.2, 0) is 4.79 Å². The summed E-state index contributed by atoms with van der Waals surface area (Å²) in [5.74, 6) is 0.348. The molecule has 3 heteroatoms. The van der Waals surface area contributed by atoms with Gasteiger partial charge in [0, 0.05) is 18.4 Å². The highest BCUT2D eigenvalue weighted by molar-refractivity contribution is 5.89. The Bertz CT molecular complexity index is 242. The summed E-state index contributed by atoms with van der Waals surface area (Å²) in [6.07, 6.45) is 8.19. The van der Waals surface area contributed by atoms with Gasteiger partial charge in [-0.15, -0.1) is 0 Å². The van der Waals surface area contributed by atoms with Crippen molar-refractivity contribution in [1.29, 1.82) is 0 Å². The van der Waals surface area contributed by atoms with Crippen molar-refractivity contribution in [3.8, 4) is 0 Å². The Kier molecular flexibility index (Phi) is 6.12. The average molecular weight is 228 g/mol. The molecule has 0 heterocycles. The van der Waals surface area contributed by atoms with Gasteiger partial charge in [0.2, 0.25) is 0 Å². The van der Waals surface area contributed by atoms with Gasteiger partial charge in [-0.25, -0.2) is 0 Å². The SMILES string of the molecule is O=C(/C=C(\O)C1CCCCC1)CCCCF. The molecule has 1 rings (SSSR count). The van der Waals surface area contributed by atoms with Crippen molar-refractivity contribution >= 4 is 5.78 Å². The standard InChI is InChI=1S/C13H21FO2/c14-9-5-4-8-12(15)10-13(16)11-6-2-1-3-7-11/h10-11,16H,1-9H2/b13-10-. The molecule has 0 amide bonds. The number of aliphatic hydroxyl groups is 1. The summed E-state index contributed by atoms with van der Waals surface area (Å²) >= 11 is 0. The fourth-order valence-corrected chi connectivity index (χ4v) is 2.15. The van der Waals surface area contributed by atoms with Gasteiger partial charge in [0.15, 0.2) is 5.78 Å². The first-order chi connectivity index (χ1) is 7.74. The molecule has 0 aliphatic heterocycles. The lowest BCUT2D eigenvalue weighted by atomic mass is 9.87. The lowest BCUT2D eigenvalue weighted by molar-refractivity contribution is -0.114. The first kappa shape index (κ1) is 13.2. The van der Waals surface area contributed by atoms with Crippen molar-refractivity contribution in [2.24, 2.45) is 5.92 Å². The maximum atomic E-state index is 11.8. The monoisotopic (exact) mass is 228 g/mol. The van der Waals surface area contributed by atoms with Gasteiger partial charge in [0.05, 0.1) is 12.4 Å². The van der Waals surface area contributed by atoms with Crippen molar-refractivity contribution in [2.75, 3.05) is 6.67 Å². The molecule has 0 unspecified atom stereocenters. The molecule has 0 spiro atoms. The first-order valence-corrected chi connectivity index (χ1v) is 6.23. The van der Waals surface area contributed by atoms with Gasteiger partial charge in [-0.2, -0.15) is 0 Å². The molecule has 0 aromatic heterocycles. The second-order valence-electron chi connectivity index (χ2n) is 4.52. The summed E-state index contributed by atoms with van der Waals surface area (Å²) in [5, 5.41) is 9.77. The van der Waals surface area contributed by atoms with E-state index >= 15 is 0 Å². The van der Waals surface area contributed by atoms with Gasteiger partial charge in [-0.3, -0.25) is 9.18 Å². The van der Waals surface area contributed by atoms with Crippen LogP contribution in [0, 0.1) is 5.92 Å². The molecule has 92 valence electrons. The van der Waals surface area contributed by atoms with Crippen molar-refractivity contribution < 1.29 is 14.3 Å². The number of hydrogen-bond donors (Lipinski definition) is 1. The molecule has 1 aliphatic carbocycles. The Morgan fingerprint density at radius 1 is 1.25 bits per heavy atom. The van der Waals surface area contributed by atoms with Crippen LogP contribution >= 0.6 is 0 Å². The van der Waals surface area contributed by atoms with Crippen LogP contribution in [0.2, 0.25) is 0 Å². The number of ketones is 1. The van der Waals surface area contributed by atoms with E-state index < -0.39 is 0 Å². The number of allylic oxidation sites excluding steroid dienone is 2. The number of unbranched alkanes of at least 4 members (excludes halogenated alkanes) is 1. The van der Waals surface area contributed by atoms with Crippen LogP contribution in [0.3, 0.4) is 0 Å². The average Bonchev–Trinajstić information content (AvgIpc) is 2.30. The minimum atomic E-state index is -0.369. The van der Waals surface area contributed by atoms with Gasteiger partial charge in [-0.05, 0) is 25.7 Å². The number of hydrogen-bond acceptors (Lipinski definition) is 2. The minimum absolute atomic E-state index is 0.0727. The van der Waals surface area contributed by atoms with Gasteiger partial charge in [0.1, 0.15) is 0 Å². The normalized spacial score (nSPS) is 18.7. The Morgan fingerprint density at radius 3 is 2.56 bits per heavy atom. The van der Waals surface area contributed by atoms with Crippen molar-refractivity contribution in [1.82, 2.24) is 0 Å². The van der Waals surface area contributed by atoms with E-state index in [-0.39, 0.29) is 24.1 Å². The molecule has 1 saturated carbocycles. The van der Waals surface area contributed by atoms with Crippen molar-refractivity contribution in [3.63, 3.8) is 0 Å². The molecule has 1 aliphatic rings. The molecule has 0 radical (unpaired) electrons. The van der Waals surface area contributed by atoms with Crippen LogP contribution in [-0.4, -0.2) is 17.6 Å². The maximum Gasteiger partial charge on any atom is 0.159 e. The molecule has 0 aromatic rings. The van der Waals surface area contributed by atoms with Gasteiger partial charge in [-0.1, -0.05) is 19.3 Å². The highest BCUT2D eigenvalue weighted by atomic mass is 19.1. The van der Waals surface area contributed by atoms with E-state index in [1.165, 1.54) is 12.5 Å². The fourth-order valence-electron chi connectivity index (χ4n) is 2.15. The van der Waals surface area contributed by atoms with Gasteiger partial charge < -0.3 is 5.11 Å².